The fraction of sp³-hybridized carbons (Fsp3) is 0.214. The highest BCUT2D eigenvalue weighted by molar-refractivity contribution is 7.17. The van der Waals surface area contributed by atoms with Gasteiger partial charge in [-0.05, 0) is 30.7 Å². The number of ether oxygens (including phenoxy) is 1. The van der Waals surface area contributed by atoms with Gasteiger partial charge in [0.05, 0.1) is 7.11 Å². The fourth-order valence-electron chi connectivity index (χ4n) is 1.78. The Morgan fingerprint density at radius 1 is 1.30 bits per heavy atom. The van der Waals surface area contributed by atoms with Crippen molar-refractivity contribution in [3.63, 3.8) is 0 Å². The number of hydrogen-bond acceptors (Lipinski definition) is 5. The Morgan fingerprint density at radius 2 is 2.00 bits per heavy atom. The molecule has 0 radical (unpaired) electrons. The summed E-state index contributed by atoms with van der Waals surface area (Å²) in [5.74, 6) is -1.34. The van der Waals surface area contributed by atoms with Crippen LogP contribution in [0.4, 0.5) is 4.39 Å². The maximum Gasteiger partial charge on any atom is 0.358 e. The number of ketones is 1. The zero-order chi connectivity index (χ0) is 14.9. The van der Waals surface area contributed by atoms with Crippen molar-refractivity contribution in [2.24, 2.45) is 0 Å². The Labute approximate surface area is 119 Å². The van der Waals surface area contributed by atoms with Gasteiger partial charge in [-0.2, -0.15) is 0 Å². The van der Waals surface area contributed by atoms with Gasteiger partial charge < -0.3 is 4.74 Å². The number of carbonyl (C=O) groups excluding carboxylic acids is 2. The number of halogens is 1. The van der Waals surface area contributed by atoms with Crippen molar-refractivity contribution < 1.29 is 18.7 Å². The van der Waals surface area contributed by atoms with E-state index in [4.69, 9.17) is 0 Å². The molecule has 1 aromatic carbocycles. The molecule has 0 aliphatic heterocycles. The molecule has 0 unspecified atom stereocenters. The molecule has 0 aliphatic rings. The van der Waals surface area contributed by atoms with E-state index >= 15 is 0 Å². The monoisotopic (exact) mass is 293 g/mol. The molecule has 0 amide bonds. The maximum absolute atomic E-state index is 13.4. The predicted octanol–water partition coefficient (Wildman–Crippen LogP) is 3.25. The van der Waals surface area contributed by atoms with Crippen LogP contribution in [0.25, 0.3) is 10.6 Å². The zero-order valence-corrected chi connectivity index (χ0v) is 12.0. The van der Waals surface area contributed by atoms with Crippen molar-refractivity contribution in [2.75, 3.05) is 7.11 Å². The van der Waals surface area contributed by atoms with Gasteiger partial charge in [-0.15, -0.1) is 11.3 Å². The van der Waals surface area contributed by atoms with Crippen LogP contribution in [-0.2, 0) is 4.74 Å². The first-order chi connectivity index (χ1) is 9.42. The van der Waals surface area contributed by atoms with E-state index in [9.17, 15) is 14.0 Å². The molecule has 0 N–H and O–H groups in total. The molecule has 0 bridgehead atoms. The highest BCUT2D eigenvalue weighted by atomic mass is 32.1. The molecule has 4 nitrogen and oxygen atoms in total. The fourth-order valence-corrected chi connectivity index (χ4v) is 2.71. The topological polar surface area (TPSA) is 56.3 Å². The standard InChI is InChI=1S/C14H12FNO3S/c1-7-4-9(6-10(15)5-7)13-16-11(14(18)19-3)12(20-13)8(2)17/h4-6H,1-3H3. The van der Waals surface area contributed by atoms with Crippen molar-refractivity contribution in [1.82, 2.24) is 4.98 Å². The number of nitrogens with zero attached hydrogens (tertiary/aromatic N) is 1. The van der Waals surface area contributed by atoms with Crippen LogP contribution in [0.1, 0.15) is 32.6 Å². The Hall–Kier alpha value is -2.08. The van der Waals surface area contributed by atoms with Crippen molar-refractivity contribution in [2.45, 2.75) is 13.8 Å². The number of rotatable bonds is 3. The first-order valence-corrected chi connectivity index (χ1v) is 6.61. The van der Waals surface area contributed by atoms with E-state index < -0.39 is 5.97 Å². The lowest BCUT2D eigenvalue weighted by atomic mass is 10.1. The number of methoxy groups -OCH3 is 1. The number of Topliss-reactive ketones (excluding diaryl/α,β-unsaturated/α-hetero) is 1. The summed E-state index contributed by atoms with van der Waals surface area (Å²) in [6.07, 6.45) is 0. The van der Waals surface area contributed by atoms with Crippen LogP contribution < -0.4 is 0 Å². The molecule has 0 aliphatic carbocycles. The van der Waals surface area contributed by atoms with Crippen LogP contribution in [0, 0.1) is 12.7 Å². The van der Waals surface area contributed by atoms with Gasteiger partial charge in [0.25, 0.3) is 0 Å². The van der Waals surface area contributed by atoms with Crippen molar-refractivity contribution in [3.05, 3.63) is 40.2 Å². The van der Waals surface area contributed by atoms with E-state index in [1.54, 1.807) is 13.0 Å². The summed E-state index contributed by atoms with van der Waals surface area (Å²) in [7, 11) is 1.22. The van der Waals surface area contributed by atoms with Gasteiger partial charge in [0.15, 0.2) is 11.5 Å². The summed E-state index contributed by atoms with van der Waals surface area (Å²) in [4.78, 5) is 27.5. The van der Waals surface area contributed by atoms with E-state index in [0.717, 1.165) is 16.9 Å². The summed E-state index contributed by atoms with van der Waals surface area (Å²) in [6.45, 7) is 3.11. The van der Waals surface area contributed by atoms with Crippen molar-refractivity contribution in [1.29, 1.82) is 0 Å². The summed E-state index contributed by atoms with van der Waals surface area (Å²) in [5.41, 5.74) is 1.24. The molecular weight excluding hydrogens is 281 g/mol. The van der Waals surface area contributed by atoms with E-state index in [-0.39, 0.29) is 22.2 Å². The maximum atomic E-state index is 13.4. The first kappa shape index (κ1) is 14.3. The van der Waals surface area contributed by atoms with Gasteiger partial charge in [-0.25, -0.2) is 14.2 Å². The third-order valence-electron chi connectivity index (χ3n) is 2.61. The van der Waals surface area contributed by atoms with Gasteiger partial charge in [0.1, 0.15) is 15.7 Å². The highest BCUT2D eigenvalue weighted by Gasteiger charge is 2.22. The molecule has 6 heteroatoms. The molecule has 1 aromatic heterocycles. The Kier molecular flexibility index (Phi) is 3.94. The quantitative estimate of drug-likeness (QED) is 0.644. The molecule has 2 rings (SSSR count). The molecule has 2 aromatic rings. The second-order valence-electron chi connectivity index (χ2n) is 4.26. The van der Waals surface area contributed by atoms with Crippen molar-refractivity contribution >= 4 is 23.1 Å². The van der Waals surface area contributed by atoms with Crippen LogP contribution in [0.3, 0.4) is 0 Å². The molecule has 20 heavy (non-hydrogen) atoms. The van der Waals surface area contributed by atoms with Crippen LogP contribution in [0.2, 0.25) is 0 Å². The number of esters is 1. The molecule has 0 atom stereocenters. The second-order valence-corrected chi connectivity index (χ2v) is 5.26. The van der Waals surface area contributed by atoms with Gasteiger partial charge in [-0.3, -0.25) is 4.79 Å². The zero-order valence-electron chi connectivity index (χ0n) is 11.2. The minimum Gasteiger partial charge on any atom is -0.464 e. The summed E-state index contributed by atoms with van der Waals surface area (Å²) in [5, 5.41) is 0.415. The number of benzene rings is 1. The minimum atomic E-state index is -0.675. The number of aromatic nitrogens is 1. The van der Waals surface area contributed by atoms with Gasteiger partial charge >= 0.3 is 5.97 Å². The third-order valence-corrected chi connectivity index (χ3v) is 3.82. The number of hydrogen-bond donors (Lipinski definition) is 0. The smallest absolute Gasteiger partial charge is 0.358 e. The van der Waals surface area contributed by atoms with Crippen molar-refractivity contribution in [3.8, 4) is 10.6 Å². The van der Waals surface area contributed by atoms with Gasteiger partial charge in [-0.1, -0.05) is 0 Å². The van der Waals surface area contributed by atoms with Crippen LogP contribution in [0.15, 0.2) is 18.2 Å². The largest absolute Gasteiger partial charge is 0.464 e. The van der Waals surface area contributed by atoms with Crippen LogP contribution in [0.5, 0.6) is 0 Å². The van der Waals surface area contributed by atoms with E-state index in [0.29, 0.717) is 10.6 Å². The van der Waals surface area contributed by atoms with E-state index in [1.165, 1.54) is 26.2 Å². The van der Waals surface area contributed by atoms with Crippen LogP contribution >= 0.6 is 11.3 Å². The predicted molar refractivity (Wildman–Crippen MR) is 73.6 cm³/mol. The highest BCUT2D eigenvalue weighted by Crippen LogP contribution is 2.30. The Morgan fingerprint density at radius 3 is 2.55 bits per heavy atom. The molecule has 1 heterocycles. The van der Waals surface area contributed by atoms with Gasteiger partial charge in [0.2, 0.25) is 0 Å². The average molecular weight is 293 g/mol. The second kappa shape index (κ2) is 5.50. The normalized spacial score (nSPS) is 10.4. The Balaban J connectivity index is 2.58. The minimum absolute atomic E-state index is 0.0260. The molecule has 0 saturated heterocycles. The molecule has 0 fully saturated rings. The average Bonchev–Trinajstić information content (AvgIpc) is 2.81. The SMILES string of the molecule is COC(=O)c1nc(-c2cc(C)cc(F)c2)sc1C(C)=O. The Bertz CT molecular complexity index is 673. The molecule has 0 spiro atoms. The third kappa shape index (κ3) is 2.75. The number of aryl methyl sites for hydroxylation is 1. The summed E-state index contributed by atoms with van der Waals surface area (Å²) >= 11 is 1.05. The molecule has 0 saturated carbocycles. The lowest BCUT2D eigenvalue weighted by molar-refractivity contribution is 0.0591. The number of carbonyl (C=O) groups is 2. The molecular formula is C14H12FNO3S. The first-order valence-electron chi connectivity index (χ1n) is 5.80. The molecule has 104 valence electrons. The number of thiazole rings is 1. The van der Waals surface area contributed by atoms with E-state index in [1.807, 2.05) is 0 Å². The lowest BCUT2D eigenvalue weighted by Crippen LogP contribution is -2.06. The lowest BCUT2D eigenvalue weighted by Gasteiger charge is -1.99. The summed E-state index contributed by atoms with van der Waals surface area (Å²) in [6, 6.07) is 4.45. The van der Waals surface area contributed by atoms with Crippen LogP contribution in [-0.4, -0.2) is 23.8 Å². The van der Waals surface area contributed by atoms with E-state index in [2.05, 4.69) is 9.72 Å². The summed E-state index contributed by atoms with van der Waals surface area (Å²) < 4.78 is 18.0. The van der Waals surface area contributed by atoms with Gasteiger partial charge in [0, 0.05) is 12.5 Å².